The van der Waals surface area contributed by atoms with E-state index in [1.807, 2.05) is 13.0 Å². The Morgan fingerprint density at radius 3 is 2.59 bits per heavy atom. The second-order valence-corrected chi connectivity index (χ2v) is 5.06. The lowest BCUT2D eigenvalue weighted by molar-refractivity contribution is 0.0939. The average Bonchev–Trinajstić information content (AvgIpc) is 2.54. The minimum Gasteiger partial charge on any atom is -0.497 e. The van der Waals surface area contributed by atoms with Crippen LogP contribution < -0.4 is 14.8 Å². The number of halogens is 1. The first-order chi connectivity index (χ1) is 10.5. The molecule has 1 aromatic carbocycles. The number of aromatic nitrogens is 1. The van der Waals surface area contributed by atoms with Gasteiger partial charge in [-0.25, -0.2) is 4.98 Å². The summed E-state index contributed by atoms with van der Waals surface area (Å²) in [6, 6.07) is 8.39. The van der Waals surface area contributed by atoms with E-state index in [0.29, 0.717) is 22.2 Å². The Bertz CT molecular complexity index is 659. The van der Waals surface area contributed by atoms with Crippen molar-refractivity contribution in [3.63, 3.8) is 0 Å². The number of rotatable bonds is 5. The average molecular weight is 321 g/mol. The monoisotopic (exact) mass is 320 g/mol. The zero-order chi connectivity index (χ0) is 16.1. The SMILES string of the molecule is COc1ccc(OC)c([C@H](C)NC(=O)c2ccc(Cl)nc2)c1. The van der Waals surface area contributed by atoms with Crippen molar-refractivity contribution in [3.05, 3.63) is 52.8 Å². The van der Waals surface area contributed by atoms with Gasteiger partial charge in [-0.15, -0.1) is 0 Å². The smallest absolute Gasteiger partial charge is 0.253 e. The Hall–Kier alpha value is -2.27. The zero-order valence-electron chi connectivity index (χ0n) is 12.6. The fourth-order valence-corrected chi connectivity index (χ4v) is 2.16. The summed E-state index contributed by atoms with van der Waals surface area (Å²) < 4.78 is 10.5. The molecule has 1 atom stereocenters. The third kappa shape index (κ3) is 3.68. The Morgan fingerprint density at radius 2 is 2.00 bits per heavy atom. The molecule has 0 aliphatic rings. The Morgan fingerprint density at radius 1 is 1.23 bits per heavy atom. The van der Waals surface area contributed by atoms with E-state index in [0.717, 1.165) is 5.56 Å². The number of hydrogen-bond donors (Lipinski definition) is 1. The molecular weight excluding hydrogens is 304 g/mol. The first-order valence-corrected chi connectivity index (χ1v) is 7.07. The number of nitrogens with zero attached hydrogens (tertiary/aromatic N) is 1. The predicted molar refractivity (Wildman–Crippen MR) is 84.7 cm³/mol. The van der Waals surface area contributed by atoms with Gasteiger partial charge in [0.15, 0.2) is 0 Å². The highest BCUT2D eigenvalue weighted by Gasteiger charge is 2.16. The second-order valence-electron chi connectivity index (χ2n) is 4.67. The molecule has 0 fully saturated rings. The number of pyridine rings is 1. The molecule has 1 N–H and O–H groups in total. The first kappa shape index (κ1) is 16.1. The third-order valence-corrected chi connectivity index (χ3v) is 3.46. The number of carbonyl (C=O) groups excluding carboxylic acids is 1. The van der Waals surface area contributed by atoms with Crippen LogP contribution in [0.4, 0.5) is 0 Å². The molecule has 2 aromatic rings. The lowest BCUT2D eigenvalue weighted by Gasteiger charge is -2.18. The highest BCUT2D eigenvalue weighted by Crippen LogP contribution is 2.29. The quantitative estimate of drug-likeness (QED) is 0.859. The van der Waals surface area contributed by atoms with Crippen molar-refractivity contribution >= 4 is 17.5 Å². The Labute approximate surface area is 134 Å². The molecule has 5 nitrogen and oxygen atoms in total. The fraction of sp³-hybridized carbons (Fsp3) is 0.250. The molecule has 116 valence electrons. The summed E-state index contributed by atoms with van der Waals surface area (Å²) in [5.74, 6) is 1.15. The van der Waals surface area contributed by atoms with E-state index in [2.05, 4.69) is 10.3 Å². The molecule has 1 heterocycles. The minimum atomic E-state index is -0.256. The summed E-state index contributed by atoms with van der Waals surface area (Å²) in [5.41, 5.74) is 1.27. The van der Waals surface area contributed by atoms with Gasteiger partial charge in [-0.1, -0.05) is 11.6 Å². The number of nitrogens with one attached hydrogen (secondary N) is 1. The van der Waals surface area contributed by atoms with Crippen LogP contribution in [0.15, 0.2) is 36.5 Å². The summed E-state index contributed by atoms with van der Waals surface area (Å²) >= 11 is 5.72. The Kier molecular flexibility index (Phi) is 5.22. The van der Waals surface area contributed by atoms with E-state index in [1.54, 1.807) is 38.5 Å². The molecule has 22 heavy (non-hydrogen) atoms. The zero-order valence-corrected chi connectivity index (χ0v) is 13.3. The summed E-state index contributed by atoms with van der Waals surface area (Å²) in [4.78, 5) is 16.1. The van der Waals surface area contributed by atoms with E-state index >= 15 is 0 Å². The van der Waals surface area contributed by atoms with Crippen molar-refractivity contribution < 1.29 is 14.3 Å². The summed E-state index contributed by atoms with van der Waals surface area (Å²) in [6.07, 6.45) is 1.44. The van der Waals surface area contributed by atoms with Crippen LogP contribution in [0, 0.1) is 0 Å². The first-order valence-electron chi connectivity index (χ1n) is 6.69. The number of benzene rings is 1. The maximum Gasteiger partial charge on any atom is 0.253 e. The lowest BCUT2D eigenvalue weighted by atomic mass is 10.1. The van der Waals surface area contributed by atoms with Crippen molar-refractivity contribution in [2.45, 2.75) is 13.0 Å². The van der Waals surface area contributed by atoms with Crippen molar-refractivity contribution in [2.75, 3.05) is 14.2 Å². The summed E-state index contributed by atoms with van der Waals surface area (Å²) in [6.45, 7) is 1.87. The molecule has 0 saturated heterocycles. The van der Waals surface area contributed by atoms with Crippen molar-refractivity contribution in [2.24, 2.45) is 0 Å². The molecule has 2 rings (SSSR count). The molecule has 0 aliphatic carbocycles. The van der Waals surface area contributed by atoms with Crippen LogP contribution in [0.5, 0.6) is 11.5 Å². The number of carbonyl (C=O) groups is 1. The van der Waals surface area contributed by atoms with Gasteiger partial charge >= 0.3 is 0 Å². The highest BCUT2D eigenvalue weighted by molar-refractivity contribution is 6.29. The highest BCUT2D eigenvalue weighted by atomic mass is 35.5. The molecule has 6 heteroatoms. The van der Waals surface area contributed by atoms with Crippen molar-refractivity contribution in [1.82, 2.24) is 10.3 Å². The van der Waals surface area contributed by atoms with Crippen LogP contribution in [0.2, 0.25) is 5.15 Å². The normalized spacial score (nSPS) is 11.6. The van der Waals surface area contributed by atoms with Gasteiger partial charge in [0.1, 0.15) is 16.7 Å². The van der Waals surface area contributed by atoms with E-state index in [9.17, 15) is 4.79 Å². The molecule has 0 spiro atoms. The maximum absolute atomic E-state index is 12.2. The summed E-state index contributed by atoms with van der Waals surface area (Å²) in [5, 5.41) is 3.25. The number of methoxy groups -OCH3 is 2. The van der Waals surface area contributed by atoms with E-state index < -0.39 is 0 Å². The predicted octanol–water partition coefficient (Wildman–Crippen LogP) is 3.24. The van der Waals surface area contributed by atoms with E-state index in [-0.39, 0.29) is 11.9 Å². The minimum absolute atomic E-state index is 0.235. The standard InChI is InChI=1S/C16H17ClN2O3/c1-10(13-8-12(21-2)5-6-14(13)22-3)19-16(20)11-4-7-15(17)18-9-11/h4-10H,1-3H3,(H,19,20)/t10-/m0/s1. The molecule has 1 amide bonds. The number of ether oxygens (including phenoxy) is 2. The molecule has 0 radical (unpaired) electrons. The number of hydrogen-bond acceptors (Lipinski definition) is 4. The summed E-state index contributed by atoms with van der Waals surface area (Å²) in [7, 11) is 3.18. The van der Waals surface area contributed by atoms with Gasteiger partial charge < -0.3 is 14.8 Å². The second kappa shape index (κ2) is 7.13. The Balaban J connectivity index is 2.19. The number of amides is 1. The third-order valence-electron chi connectivity index (χ3n) is 3.24. The molecule has 0 aliphatic heterocycles. The van der Waals surface area contributed by atoms with Crippen LogP contribution in [0.25, 0.3) is 0 Å². The van der Waals surface area contributed by atoms with E-state index in [1.165, 1.54) is 6.20 Å². The molecule has 0 bridgehead atoms. The van der Waals surface area contributed by atoms with Crippen molar-refractivity contribution in [3.8, 4) is 11.5 Å². The van der Waals surface area contributed by atoms with Crippen LogP contribution in [0.3, 0.4) is 0 Å². The largest absolute Gasteiger partial charge is 0.497 e. The molecular formula is C16H17ClN2O3. The molecule has 0 saturated carbocycles. The fourth-order valence-electron chi connectivity index (χ4n) is 2.05. The van der Waals surface area contributed by atoms with Crippen molar-refractivity contribution in [1.29, 1.82) is 0 Å². The van der Waals surface area contributed by atoms with Gasteiger partial charge in [0.2, 0.25) is 0 Å². The van der Waals surface area contributed by atoms with Gasteiger partial charge in [0.05, 0.1) is 25.8 Å². The van der Waals surface area contributed by atoms with E-state index in [4.69, 9.17) is 21.1 Å². The van der Waals surface area contributed by atoms with Gasteiger partial charge in [-0.2, -0.15) is 0 Å². The van der Waals surface area contributed by atoms with Gasteiger partial charge in [-0.3, -0.25) is 4.79 Å². The van der Waals surface area contributed by atoms with Gasteiger partial charge in [0, 0.05) is 11.8 Å². The lowest BCUT2D eigenvalue weighted by Crippen LogP contribution is -2.27. The maximum atomic E-state index is 12.2. The van der Waals surface area contributed by atoms with Gasteiger partial charge in [-0.05, 0) is 37.3 Å². The van der Waals surface area contributed by atoms with Crippen LogP contribution in [0.1, 0.15) is 28.9 Å². The molecule has 1 aromatic heterocycles. The van der Waals surface area contributed by atoms with Gasteiger partial charge in [0.25, 0.3) is 5.91 Å². The van der Waals surface area contributed by atoms with Crippen LogP contribution in [-0.4, -0.2) is 25.1 Å². The van der Waals surface area contributed by atoms with Crippen LogP contribution in [-0.2, 0) is 0 Å². The van der Waals surface area contributed by atoms with Crippen LogP contribution >= 0.6 is 11.6 Å². The molecule has 0 unspecified atom stereocenters. The topological polar surface area (TPSA) is 60.5 Å².